The Labute approximate surface area is 188 Å². The Morgan fingerprint density at radius 2 is 1.87 bits per heavy atom. The van der Waals surface area contributed by atoms with E-state index in [9.17, 15) is 9.59 Å². The molecule has 6 nitrogen and oxygen atoms in total. The molecule has 1 aliphatic rings. The van der Waals surface area contributed by atoms with Crippen LogP contribution in [-0.4, -0.2) is 37.0 Å². The Hall–Kier alpha value is -2.51. The summed E-state index contributed by atoms with van der Waals surface area (Å²) in [6.07, 6.45) is 0.907. The van der Waals surface area contributed by atoms with Crippen LogP contribution < -0.4 is 20.7 Å². The zero-order valence-corrected chi connectivity index (χ0v) is 19.1. The molecule has 3 N–H and O–H groups in total. The highest BCUT2D eigenvalue weighted by Gasteiger charge is 2.35. The van der Waals surface area contributed by atoms with E-state index in [1.165, 1.54) is 5.56 Å². The molecule has 166 valence electrons. The van der Waals surface area contributed by atoms with E-state index in [-0.39, 0.29) is 40.9 Å². The zero-order chi connectivity index (χ0) is 22.2. The molecule has 1 aliphatic heterocycles. The number of amides is 2. The number of carbonyl (C=O) groups excluding carboxylic acids is 2. The number of benzene rings is 2. The fourth-order valence-corrected chi connectivity index (χ4v) is 4.82. The quantitative estimate of drug-likeness (QED) is 0.557. The van der Waals surface area contributed by atoms with E-state index in [0.717, 1.165) is 17.7 Å². The molecule has 2 aromatic rings. The highest BCUT2D eigenvalue weighted by Crippen LogP contribution is 2.31. The van der Waals surface area contributed by atoms with Gasteiger partial charge in [0.05, 0.1) is 13.0 Å². The van der Waals surface area contributed by atoms with Gasteiger partial charge >= 0.3 is 0 Å². The first-order chi connectivity index (χ1) is 15.0. The SMILES string of the molecule is COc1ccc(CCNC(=O)CC2C(=O)NC(SC(C)c3ccccc3)NC2C)cc1. The molecule has 1 fully saturated rings. The third-order valence-electron chi connectivity index (χ3n) is 5.54. The van der Waals surface area contributed by atoms with Gasteiger partial charge in [0.15, 0.2) is 0 Å². The molecule has 0 radical (unpaired) electrons. The fraction of sp³-hybridized carbons (Fsp3) is 0.417. The minimum atomic E-state index is -0.384. The molecule has 3 rings (SSSR count). The molecule has 0 aromatic heterocycles. The van der Waals surface area contributed by atoms with Crippen molar-refractivity contribution in [3.63, 3.8) is 0 Å². The van der Waals surface area contributed by atoms with Gasteiger partial charge in [0.25, 0.3) is 0 Å². The summed E-state index contributed by atoms with van der Waals surface area (Å²) in [7, 11) is 1.64. The molecule has 4 unspecified atom stereocenters. The van der Waals surface area contributed by atoms with Gasteiger partial charge in [-0.1, -0.05) is 42.5 Å². The average Bonchev–Trinajstić information content (AvgIpc) is 2.77. The topological polar surface area (TPSA) is 79.5 Å². The Balaban J connectivity index is 1.43. The van der Waals surface area contributed by atoms with Crippen LogP contribution in [0, 0.1) is 5.92 Å². The number of rotatable bonds is 9. The highest BCUT2D eigenvalue weighted by molar-refractivity contribution is 8.00. The van der Waals surface area contributed by atoms with Crippen LogP contribution in [0.1, 0.15) is 36.6 Å². The second-order valence-electron chi connectivity index (χ2n) is 7.79. The largest absolute Gasteiger partial charge is 0.497 e. The van der Waals surface area contributed by atoms with Crippen molar-refractivity contribution in [2.24, 2.45) is 5.92 Å². The summed E-state index contributed by atoms with van der Waals surface area (Å²) in [5.41, 5.74) is 2.17. The van der Waals surface area contributed by atoms with E-state index in [2.05, 4.69) is 35.0 Å². The number of thioether (sulfide) groups is 1. The van der Waals surface area contributed by atoms with E-state index in [0.29, 0.717) is 6.54 Å². The summed E-state index contributed by atoms with van der Waals surface area (Å²) in [6, 6.07) is 17.9. The van der Waals surface area contributed by atoms with Crippen LogP contribution in [0.5, 0.6) is 5.75 Å². The standard InChI is InChI=1S/C24H31N3O3S/c1-16-21(15-22(28)25-14-13-18-9-11-20(30-3)12-10-18)23(29)27-24(26-16)31-17(2)19-7-5-4-6-8-19/h4-12,16-17,21,24,26H,13-15H2,1-3H3,(H,25,28)(H,27,29). The summed E-state index contributed by atoms with van der Waals surface area (Å²) in [5.74, 6) is 0.248. The molecule has 4 atom stereocenters. The van der Waals surface area contributed by atoms with Gasteiger partial charge in [-0.15, -0.1) is 11.8 Å². The lowest BCUT2D eigenvalue weighted by atomic mass is 9.94. The van der Waals surface area contributed by atoms with Gasteiger partial charge in [-0.25, -0.2) is 0 Å². The lowest BCUT2D eigenvalue weighted by Gasteiger charge is -2.36. The molecule has 0 aliphatic carbocycles. The van der Waals surface area contributed by atoms with Crippen LogP contribution in [0.15, 0.2) is 54.6 Å². The van der Waals surface area contributed by atoms with Crippen LogP contribution in [-0.2, 0) is 16.0 Å². The van der Waals surface area contributed by atoms with Crippen LogP contribution in [0.2, 0.25) is 0 Å². The van der Waals surface area contributed by atoms with E-state index < -0.39 is 0 Å². The van der Waals surface area contributed by atoms with E-state index >= 15 is 0 Å². The Bertz CT molecular complexity index is 860. The number of hydrogen-bond donors (Lipinski definition) is 3. The number of methoxy groups -OCH3 is 1. The number of carbonyl (C=O) groups is 2. The summed E-state index contributed by atoms with van der Waals surface area (Å²) >= 11 is 1.66. The first-order valence-corrected chi connectivity index (χ1v) is 11.6. The molecule has 2 aromatic carbocycles. The summed E-state index contributed by atoms with van der Waals surface area (Å²) in [4.78, 5) is 25.1. The van der Waals surface area contributed by atoms with E-state index in [1.54, 1.807) is 18.9 Å². The molecular weight excluding hydrogens is 410 g/mol. The number of ether oxygens (including phenoxy) is 1. The van der Waals surface area contributed by atoms with Crippen molar-refractivity contribution < 1.29 is 14.3 Å². The summed E-state index contributed by atoms with van der Waals surface area (Å²) in [5, 5.41) is 9.62. The van der Waals surface area contributed by atoms with Crippen molar-refractivity contribution >= 4 is 23.6 Å². The van der Waals surface area contributed by atoms with Gasteiger partial charge < -0.3 is 15.4 Å². The third-order valence-corrected chi connectivity index (χ3v) is 6.74. The first-order valence-electron chi connectivity index (χ1n) is 10.6. The van der Waals surface area contributed by atoms with Crippen LogP contribution >= 0.6 is 11.8 Å². The smallest absolute Gasteiger partial charge is 0.227 e. The molecule has 0 spiro atoms. The van der Waals surface area contributed by atoms with Crippen molar-refractivity contribution in [3.8, 4) is 5.75 Å². The van der Waals surface area contributed by atoms with Gasteiger partial charge in [0.1, 0.15) is 11.2 Å². The number of nitrogens with one attached hydrogen (secondary N) is 3. The first kappa shape index (κ1) is 23.2. The monoisotopic (exact) mass is 441 g/mol. The van der Waals surface area contributed by atoms with Crippen molar-refractivity contribution in [1.29, 1.82) is 0 Å². The molecule has 0 bridgehead atoms. The summed E-state index contributed by atoms with van der Waals surface area (Å²) in [6.45, 7) is 4.63. The van der Waals surface area contributed by atoms with Gasteiger partial charge in [0.2, 0.25) is 11.8 Å². The maximum absolute atomic E-state index is 12.7. The van der Waals surface area contributed by atoms with Crippen LogP contribution in [0.4, 0.5) is 0 Å². The van der Waals surface area contributed by atoms with Crippen molar-refractivity contribution in [1.82, 2.24) is 16.0 Å². The minimum Gasteiger partial charge on any atom is -0.497 e. The highest BCUT2D eigenvalue weighted by atomic mass is 32.2. The van der Waals surface area contributed by atoms with Gasteiger partial charge in [-0.05, 0) is 43.5 Å². The van der Waals surface area contributed by atoms with Gasteiger partial charge in [0, 0.05) is 24.3 Å². The van der Waals surface area contributed by atoms with Crippen LogP contribution in [0.25, 0.3) is 0 Å². The normalized spacial score (nSPS) is 21.8. The Morgan fingerprint density at radius 3 is 2.52 bits per heavy atom. The maximum Gasteiger partial charge on any atom is 0.227 e. The van der Waals surface area contributed by atoms with Crippen molar-refractivity contribution in [3.05, 3.63) is 65.7 Å². The predicted octanol–water partition coefficient (Wildman–Crippen LogP) is 3.25. The van der Waals surface area contributed by atoms with E-state index in [1.807, 2.05) is 49.4 Å². The molecule has 7 heteroatoms. The maximum atomic E-state index is 12.7. The van der Waals surface area contributed by atoms with Crippen LogP contribution in [0.3, 0.4) is 0 Å². The molecule has 31 heavy (non-hydrogen) atoms. The predicted molar refractivity (Wildman–Crippen MR) is 125 cm³/mol. The second-order valence-corrected chi connectivity index (χ2v) is 9.24. The Morgan fingerprint density at radius 1 is 1.16 bits per heavy atom. The zero-order valence-electron chi connectivity index (χ0n) is 18.3. The molecule has 1 saturated heterocycles. The minimum absolute atomic E-state index is 0.0747. The molecule has 2 amide bonds. The lowest BCUT2D eigenvalue weighted by Crippen LogP contribution is -2.59. The van der Waals surface area contributed by atoms with Gasteiger partial charge in [-0.3, -0.25) is 14.9 Å². The Kier molecular flexibility index (Phi) is 8.37. The fourth-order valence-electron chi connectivity index (χ4n) is 3.62. The molecular formula is C24H31N3O3S. The third kappa shape index (κ3) is 6.74. The molecule has 1 heterocycles. The second kappa shape index (κ2) is 11.2. The van der Waals surface area contributed by atoms with E-state index in [4.69, 9.17) is 4.74 Å². The molecule has 0 saturated carbocycles. The number of hydrogen-bond acceptors (Lipinski definition) is 5. The lowest BCUT2D eigenvalue weighted by molar-refractivity contribution is -0.133. The van der Waals surface area contributed by atoms with Crippen molar-refractivity contribution in [2.75, 3.05) is 13.7 Å². The van der Waals surface area contributed by atoms with Crippen molar-refractivity contribution in [2.45, 2.75) is 43.5 Å². The summed E-state index contributed by atoms with van der Waals surface area (Å²) < 4.78 is 5.15. The van der Waals surface area contributed by atoms with Gasteiger partial charge in [-0.2, -0.15) is 0 Å². The average molecular weight is 442 g/mol.